The van der Waals surface area contributed by atoms with Crippen LogP contribution in [0.25, 0.3) is 0 Å². The van der Waals surface area contributed by atoms with E-state index in [2.05, 4.69) is 16.4 Å². The molecule has 1 aliphatic rings. The number of thioether (sulfide) groups is 1. The maximum Gasteiger partial charge on any atom is 0.355 e. The molecule has 1 aromatic carbocycles. The van der Waals surface area contributed by atoms with Gasteiger partial charge in [-0.3, -0.25) is 4.79 Å². The summed E-state index contributed by atoms with van der Waals surface area (Å²) in [6.07, 6.45) is 1.78. The van der Waals surface area contributed by atoms with Gasteiger partial charge in [-0.1, -0.05) is 23.9 Å². The molecule has 0 radical (unpaired) electrons. The van der Waals surface area contributed by atoms with Gasteiger partial charge in [0.15, 0.2) is 10.0 Å². The van der Waals surface area contributed by atoms with E-state index in [9.17, 15) is 9.59 Å². The fourth-order valence-electron chi connectivity index (χ4n) is 3.03. The maximum atomic E-state index is 12.2. The number of benzene rings is 1. The zero-order valence-corrected chi connectivity index (χ0v) is 16.8. The van der Waals surface area contributed by atoms with Gasteiger partial charge in [0.25, 0.3) is 0 Å². The summed E-state index contributed by atoms with van der Waals surface area (Å²) in [7, 11) is 0. The second-order valence-electron chi connectivity index (χ2n) is 6.34. The van der Waals surface area contributed by atoms with E-state index >= 15 is 0 Å². The number of nitriles is 1. The lowest BCUT2D eigenvalue weighted by Crippen LogP contribution is -2.39. The first kappa shape index (κ1) is 20.2. The fraction of sp³-hybridized carbons (Fsp3) is 0.368. The van der Waals surface area contributed by atoms with Crippen LogP contribution in [0.15, 0.2) is 34.0 Å². The van der Waals surface area contributed by atoms with Gasteiger partial charge in [-0.15, -0.1) is 11.3 Å². The third-order valence-corrected chi connectivity index (χ3v) is 6.49. The van der Waals surface area contributed by atoms with Gasteiger partial charge in [-0.25, -0.2) is 9.78 Å². The molecule has 28 heavy (non-hydrogen) atoms. The number of anilines is 1. The fourth-order valence-corrected chi connectivity index (χ4v) is 4.84. The van der Waals surface area contributed by atoms with Crippen molar-refractivity contribution in [2.45, 2.75) is 29.6 Å². The number of aromatic nitrogens is 1. The standard InChI is InChI=1S/C19H20N4O3S2/c20-8-7-13-1-3-14(4-2-13)21-11-15-5-6-17(24)23(15)9-10-27-19-22-16(12-28-19)18(25)26/h1-4,12,15,21H,5-7,9-11H2,(H,25,26)/t15-/m1/s1. The van der Waals surface area contributed by atoms with Crippen molar-refractivity contribution in [1.29, 1.82) is 5.26 Å². The molecule has 0 bridgehead atoms. The smallest absolute Gasteiger partial charge is 0.355 e. The normalized spacial score (nSPS) is 16.2. The number of amides is 1. The Labute approximate surface area is 171 Å². The van der Waals surface area contributed by atoms with Crippen LogP contribution >= 0.6 is 23.1 Å². The van der Waals surface area contributed by atoms with Crippen molar-refractivity contribution < 1.29 is 14.7 Å². The Morgan fingerprint density at radius 3 is 2.89 bits per heavy atom. The highest BCUT2D eigenvalue weighted by molar-refractivity contribution is 8.01. The molecule has 2 N–H and O–H groups in total. The number of rotatable bonds is 9. The van der Waals surface area contributed by atoms with Crippen molar-refractivity contribution in [1.82, 2.24) is 9.88 Å². The van der Waals surface area contributed by atoms with Gasteiger partial charge in [0.1, 0.15) is 0 Å². The lowest BCUT2D eigenvalue weighted by molar-refractivity contribution is -0.128. The maximum absolute atomic E-state index is 12.2. The van der Waals surface area contributed by atoms with Gasteiger partial charge in [0.2, 0.25) is 5.91 Å². The van der Waals surface area contributed by atoms with Crippen LogP contribution in [-0.2, 0) is 11.2 Å². The minimum Gasteiger partial charge on any atom is -0.476 e. The molecular weight excluding hydrogens is 396 g/mol. The third kappa shape index (κ3) is 5.24. The van der Waals surface area contributed by atoms with E-state index in [0.717, 1.165) is 17.7 Å². The van der Waals surface area contributed by atoms with Gasteiger partial charge in [-0.2, -0.15) is 5.26 Å². The molecule has 2 aromatic rings. The summed E-state index contributed by atoms with van der Waals surface area (Å²) in [5, 5.41) is 22.5. The number of carboxylic acid groups (broad SMARTS) is 1. The van der Waals surface area contributed by atoms with Crippen molar-refractivity contribution in [3.8, 4) is 6.07 Å². The summed E-state index contributed by atoms with van der Waals surface area (Å²) in [5.74, 6) is -0.191. The number of aromatic carboxylic acids is 1. The number of carbonyl (C=O) groups is 2. The van der Waals surface area contributed by atoms with E-state index in [-0.39, 0.29) is 17.6 Å². The number of carbonyl (C=O) groups excluding carboxylic acids is 1. The van der Waals surface area contributed by atoms with Crippen LogP contribution < -0.4 is 5.32 Å². The molecule has 1 amide bonds. The van der Waals surface area contributed by atoms with Crippen LogP contribution in [-0.4, -0.2) is 51.8 Å². The summed E-state index contributed by atoms with van der Waals surface area (Å²) in [6.45, 7) is 1.29. The van der Waals surface area contributed by atoms with Gasteiger partial charge >= 0.3 is 5.97 Å². The average molecular weight is 417 g/mol. The lowest BCUT2D eigenvalue weighted by atomic mass is 10.1. The number of carboxylic acids is 1. The van der Waals surface area contributed by atoms with Crippen LogP contribution in [0.1, 0.15) is 28.9 Å². The number of likely N-dealkylation sites (tertiary alicyclic amines) is 1. The first-order valence-corrected chi connectivity index (χ1v) is 10.7. The van der Waals surface area contributed by atoms with Gasteiger partial charge < -0.3 is 15.3 Å². The van der Waals surface area contributed by atoms with Crippen LogP contribution in [0.5, 0.6) is 0 Å². The van der Waals surface area contributed by atoms with E-state index in [1.807, 2.05) is 29.2 Å². The molecule has 146 valence electrons. The van der Waals surface area contributed by atoms with Crippen molar-refractivity contribution >= 4 is 40.7 Å². The largest absolute Gasteiger partial charge is 0.476 e. The molecule has 0 spiro atoms. The number of nitrogens with one attached hydrogen (secondary N) is 1. The van der Waals surface area contributed by atoms with Crippen molar-refractivity contribution in [3.05, 3.63) is 40.9 Å². The summed E-state index contributed by atoms with van der Waals surface area (Å²) in [6, 6.07) is 10.0. The summed E-state index contributed by atoms with van der Waals surface area (Å²) >= 11 is 2.78. The summed E-state index contributed by atoms with van der Waals surface area (Å²) < 4.78 is 0.705. The van der Waals surface area contributed by atoms with E-state index in [1.54, 1.807) is 0 Å². The molecule has 0 saturated carbocycles. The lowest BCUT2D eigenvalue weighted by Gasteiger charge is -2.25. The number of nitrogens with zero attached hydrogens (tertiary/aromatic N) is 3. The topological polar surface area (TPSA) is 106 Å². The zero-order chi connectivity index (χ0) is 19.9. The SMILES string of the molecule is N#CCc1ccc(NC[C@H]2CCC(=O)N2CCSc2nc(C(=O)O)cs2)cc1. The number of thiazole rings is 1. The molecule has 7 nitrogen and oxygen atoms in total. The van der Waals surface area contributed by atoms with E-state index in [0.29, 0.717) is 36.0 Å². The van der Waals surface area contributed by atoms with Crippen molar-refractivity contribution in [3.63, 3.8) is 0 Å². The van der Waals surface area contributed by atoms with Crippen LogP contribution in [0.4, 0.5) is 5.69 Å². The Hall–Kier alpha value is -2.57. The van der Waals surface area contributed by atoms with Gasteiger partial charge in [0.05, 0.1) is 12.5 Å². The highest BCUT2D eigenvalue weighted by Gasteiger charge is 2.30. The van der Waals surface area contributed by atoms with E-state index in [4.69, 9.17) is 10.4 Å². The van der Waals surface area contributed by atoms with Gasteiger partial charge in [-0.05, 0) is 24.1 Å². The first-order chi connectivity index (χ1) is 13.6. The molecule has 0 aliphatic carbocycles. The molecule has 1 aromatic heterocycles. The number of hydrogen-bond acceptors (Lipinski definition) is 7. The quantitative estimate of drug-likeness (QED) is 0.605. The molecule has 2 heterocycles. The highest BCUT2D eigenvalue weighted by atomic mass is 32.2. The second-order valence-corrected chi connectivity index (χ2v) is 8.54. The van der Waals surface area contributed by atoms with Crippen LogP contribution in [0, 0.1) is 11.3 Å². The monoisotopic (exact) mass is 416 g/mol. The second kappa shape index (κ2) is 9.57. The Morgan fingerprint density at radius 2 is 2.21 bits per heavy atom. The molecule has 1 atom stereocenters. The van der Waals surface area contributed by atoms with Crippen LogP contribution in [0.3, 0.4) is 0 Å². The predicted molar refractivity (Wildman–Crippen MR) is 109 cm³/mol. The molecule has 1 aliphatic heterocycles. The van der Waals surface area contributed by atoms with E-state index < -0.39 is 5.97 Å². The molecule has 0 unspecified atom stereocenters. The molecule has 1 saturated heterocycles. The van der Waals surface area contributed by atoms with Crippen LogP contribution in [0.2, 0.25) is 0 Å². The zero-order valence-electron chi connectivity index (χ0n) is 15.1. The third-order valence-electron chi connectivity index (χ3n) is 4.49. The molecule has 1 fully saturated rings. The molecular formula is C19H20N4O3S2. The minimum absolute atomic E-state index is 0.0626. The Bertz CT molecular complexity index is 876. The minimum atomic E-state index is -1.02. The first-order valence-electron chi connectivity index (χ1n) is 8.87. The summed E-state index contributed by atoms with van der Waals surface area (Å²) in [5.41, 5.74) is 2.02. The van der Waals surface area contributed by atoms with Crippen molar-refractivity contribution in [2.75, 3.05) is 24.2 Å². The predicted octanol–water partition coefficient (Wildman–Crippen LogP) is 3.10. The Morgan fingerprint density at radius 1 is 1.43 bits per heavy atom. The number of hydrogen-bond donors (Lipinski definition) is 2. The summed E-state index contributed by atoms with van der Waals surface area (Å²) in [4.78, 5) is 29.1. The van der Waals surface area contributed by atoms with Crippen molar-refractivity contribution in [2.24, 2.45) is 0 Å². The van der Waals surface area contributed by atoms with Gasteiger partial charge in [0, 0.05) is 42.4 Å². The molecule has 3 rings (SSSR count). The van der Waals surface area contributed by atoms with E-state index in [1.165, 1.54) is 28.5 Å². The average Bonchev–Trinajstić information content (AvgIpc) is 3.29. The Balaban J connectivity index is 1.48. The Kier molecular flexibility index (Phi) is 6.90. The molecule has 9 heteroatoms. The highest BCUT2D eigenvalue weighted by Crippen LogP contribution is 2.25.